The van der Waals surface area contributed by atoms with Gasteiger partial charge in [0.2, 0.25) is 10.0 Å². The van der Waals surface area contributed by atoms with Crippen molar-refractivity contribution in [3.63, 3.8) is 0 Å². The van der Waals surface area contributed by atoms with Gasteiger partial charge in [-0.15, -0.1) is 28.3 Å². The summed E-state index contributed by atoms with van der Waals surface area (Å²) >= 11 is 4.01. The molecule has 0 fully saturated rings. The molecule has 1 aliphatic rings. The number of fused-ring (bicyclic) bond motifs is 1. The lowest BCUT2D eigenvalue weighted by Crippen LogP contribution is -2.43. The molecule has 0 aliphatic carbocycles. The molecule has 0 saturated carbocycles. The number of halogens is 2. The van der Waals surface area contributed by atoms with E-state index in [2.05, 4.69) is 21.2 Å². The van der Waals surface area contributed by atoms with Crippen molar-refractivity contribution in [3.05, 3.63) is 11.6 Å². The number of rotatable bonds is 6. The van der Waals surface area contributed by atoms with Crippen LogP contribution in [0.15, 0.2) is 14.5 Å². The van der Waals surface area contributed by atoms with Crippen molar-refractivity contribution in [2.24, 2.45) is 5.14 Å². The lowest BCUT2D eigenvalue weighted by Gasteiger charge is -2.32. The molecule has 0 bridgehead atoms. The van der Waals surface area contributed by atoms with Gasteiger partial charge in [0.05, 0.1) is 0 Å². The van der Waals surface area contributed by atoms with E-state index in [4.69, 9.17) is 5.14 Å². The van der Waals surface area contributed by atoms with Gasteiger partial charge in [-0.2, -0.15) is 4.31 Å². The van der Waals surface area contributed by atoms with Crippen LogP contribution in [0.4, 0.5) is 0 Å². The number of sulfonamides is 2. The summed E-state index contributed by atoms with van der Waals surface area (Å²) < 4.78 is 49.7. The molecule has 0 aromatic carbocycles. The Hall–Kier alpha value is 0.440. The fourth-order valence-corrected chi connectivity index (χ4v) is 6.89. The molecule has 0 radical (unpaired) electrons. The van der Waals surface area contributed by atoms with Crippen molar-refractivity contribution in [1.29, 1.82) is 0 Å². The molecule has 1 aliphatic heterocycles. The van der Waals surface area contributed by atoms with E-state index in [-0.39, 0.29) is 38.0 Å². The van der Waals surface area contributed by atoms with Crippen molar-refractivity contribution in [3.8, 4) is 0 Å². The number of nitrogens with two attached hydrogens (primary N) is 1. The molecule has 0 saturated heterocycles. The van der Waals surface area contributed by atoms with Gasteiger partial charge in [-0.05, 0) is 19.0 Å². The number of hydrogen-bond donors (Lipinski definition) is 2. The van der Waals surface area contributed by atoms with Gasteiger partial charge in [-0.1, -0.05) is 22.9 Å². The fraction of sp³-hybridized carbons (Fsp3) is 0.636. The van der Waals surface area contributed by atoms with Crippen molar-refractivity contribution < 1.29 is 16.8 Å². The molecule has 12 heteroatoms. The van der Waals surface area contributed by atoms with Crippen LogP contribution in [0.3, 0.4) is 0 Å². The zero-order valence-corrected chi connectivity index (χ0v) is 18.1. The Morgan fingerprint density at radius 3 is 2.70 bits per heavy atom. The van der Waals surface area contributed by atoms with Crippen LogP contribution in [0, 0.1) is 0 Å². The van der Waals surface area contributed by atoms with E-state index in [1.165, 1.54) is 10.4 Å². The van der Waals surface area contributed by atoms with Crippen LogP contribution in [-0.2, 0) is 20.0 Å². The molecule has 0 amide bonds. The van der Waals surface area contributed by atoms with E-state index in [9.17, 15) is 16.8 Å². The molecule has 1 aromatic rings. The highest BCUT2D eigenvalue weighted by molar-refractivity contribution is 9.09. The zero-order chi connectivity index (χ0) is 16.5. The van der Waals surface area contributed by atoms with Gasteiger partial charge in [-0.3, -0.25) is 0 Å². The van der Waals surface area contributed by atoms with E-state index >= 15 is 0 Å². The predicted octanol–water partition coefficient (Wildman–Crippen LogP) is 1.41. The quantitative estimate of drug-likeness (QED) is 0.560. The predicted molar refractivity (Wildman–Crippen MR) is 99.6 cm³/mol. The standard InChI is InChI=1S/C11H18BrN3O4S3.BrH/c1-2-14-9-7-15(5-3-4-12)22(18,19)11-8(9)6-10(20-11)21(13,16)17;/h6,9,14H,2-5,7H2,1H3,(H2,13,16,17);1H/t9-;/m0./s1. The minimum Gasteiger partial charge on any atom is -0.309 e. The maximum absolute atomic E-state index is 12.7. The number of nitrogens with zero attached hydrogens (tertiary/aromatic N) is 1. The summed E-state index contributed by atoms with van der Waals surface area (Å²) in [5, 5.41) is 9.04. The molecular formula is C11H19Br2N3O4S3. The summed E-state index contributed by atoms with van der Waals surface area (Å²) in [5.74, 6) is 0. The van der Waals surface area contributed by atoms with E-state index in [1.807, 2.05) is 6.92 Å². The third-order valence-electron chi connectivity index (χ3n) is 3.31. The van der Waals surface area contributed by atoms with E-state index in [0.29, 0.717) is 30.4 Å². The second kappa shape index (κ2) is 8.21. The Balaban J connectivity index is 0.00000264. The SMILES string of the molecule is Br.CCN[C@H]1CN(CCCBr)S(=O)(=O)c2sc(S(N)(=O)=O)cc21. The van der Waals surface area contributed by atoms with Crippen molar-refractivity contribution in [2.45, 2.75) is 27.8 Å². The average Bonchev–Trinajstić information content (AvgIpc) is 2.87. The van der Waals surface area contributed by atoms with E-state index in [0.717, 1.165) is 11.3 Å². The number of primary sulfonamides is 1. The van der Waals surface area contributed by atoms with Crippen LogP contribution in [0.25, 0.3) is 0 Å². The first-order valence-electron chi connectivity index (χ1n) is 6.67. The normalized spacial score (nSPS) is 20.7. The Kier molecular flexibility index (Phi) is 7.67. The first-order chi connectivity index (χ1) is 10.2. The molecule has 0 unspecified atom stereocenters. The lowest BCUT2D eigenvalue weighted by atomic mass is 10.1. The van der Waals surface area contributed by atoms with Crippen LogP contribution < -0.4 is 10.5 Å². The smallest absolute Gasteiger partial charge is 0.252 e. The highest BCUT2D eigenvalue weighted by atomic mass is 79.9. The summed E-state index contributed by atoms with van der Waals surface area (Å²) in [5.41, 5.74) is 0.492. The fourth-order valence-electron chi connectivity index (χ4n) is 2.34. The van der Waals surface area contributed by atoms with Crippen LogP contribution in [-0.4, -0.2) is 46.1 Å². The first kappa shape index (κ1) is 21.5. The molecule has 23 heavy (non-hydrogen) atoms. The van der Waals surface area contributed by atoms with Crippen molar-refractivity contribution in [2.75, 3.05) is 25.0 Å². The van der Waals surface area contributed by atoms with Crippen LogP contribution >= 0.6 is 44.2 Å². The number of thiophene rings is 1. The summed E-state index contributed by atoms with van der Waals surface area (Å²) in [6.07, 6.45) is 0.681. The lowest BCUT2D eigenvalue weighted by molar-refractivity contribution is 0.345. The molecule has 0 spiro atoms. The van der Waals surface area contributed by atoms with Gasteiger partial charge in [-0.25, -0.2) is 22.0 Å². The Morgan fingerprint density at radius 1 is 1.52 bits per heavy atom. The van der Waals surface area contributed by atoms with Gasteiger partial charge >= 0.3 is 0 Å². The molecular weight excluding hydrogens is 494 g/mol. The highest BCUT2D eigenvalue weighted by Crippen LogP contribution is 2.39. The van der Waals surface area contributed by atoms with E-state index in [1.54, 1.807) is 0 Å². The number of likely N-dealkylation sites (N-methyl/N-ethyl adjacent to an activating group) is 1. The van der Waals surface area contributed by atoms with E-state index < -0.39 is 20.0 Å². The van der Waals surface area contributed by atoms with Gasteiger partial charge < -0.3 is 5.32 Å². The summed E-state index contributed by atoms with van der Waals surface area (Å²) in [4.78, 5) is 0. The molecule has 1 aromatic heterocycles. The zero-order valence-electron chi connectivity index (χ0n) is 12.4. The maximum Gasteiger partial charge on any atom is 0.252 e. The Morgan fingerprint density at radius 2 is 2.17 bits per heavy atom. The molecule has 2 rings (SSSR count). The molecule has 1 atom stereocenters. The van der Waals surface area contributed by atoms with Gasteiger partial charge in [0.15, 0.2) is 0 Å². The topological polar surface area (TPSA) is 110 Å². The minimum atomic E-state index is -3.92. The Bertz CT molecular complexity index is 749. The highest BCUT2D eigenvalue weighted by Gasteiger charge is 2.39. The first-order valence-corrected chi connectivity index (χ1v) is 11.6. The molecule has 134 valence electrons. The number of alkyl halides is 1. The second-order valence-corrected chi connectivity index (χ2v) is 10.6. The van der Waals surface area contributed by atoms with Crippen LogP contribution in [0.5, 0.6) is 0 Å². The van der Waals surface area contributed by atoms with Crippen molar-refractivity contribution in [1.82, 2.24) is 9.62 Å². The summed E-state index contributed by atoms with van der Waals surface area (Å²) in [6.45, 7) is 3.24. The molecule has 2 heterocycles. The molecule has 7 nitrogen and oxygen atoms in total. The maximum atomic E-state index is 12.7. The van der Waals surface area contributed by atoms with Crippen LogP contribution in [0.2, 0.25) is 0 Å². The Labute approximate surface area is 159 Å². The van der Waals surface area contributed by atoms with Gasteiger partial charge in [0.25, 0.3) is 10.0 Å². The third kappa shape index (κ3) is 4.54. The number of hydrogen-bond acceptors (Lipinski definition) is 6. The molecule has 3 N–H and O–H groups in total. The number of nitrogens with one attached hydrogen (secondary N) is 1. The largest absolute Gasteiger partial charge is 0.309 e. The van der Waals surface area contributed by atoms with Gasteiger partial charge in [0, 0.05) is 30.0 Å². The monoisotopic (exact) mass is 511 g/mol. The summed E-state index contributed by atoms with van der Waals surface area (Å²) in [7, 11) is -7.59. The van der Waals surface area contributed by atoms with Crippen LogP contribution in [0.1, 0.15) is 24.9 Å². The summed E-state index contributed by atoms with van der Waals surface area (Å²) in [6, 6.07) is 1.15. The van der Waals surface area contributed by atoms with Crippen molar-refractivity contribution >= 4 is 64.3 Å². The van der Waals surface area contributed by atoms with Gasteiger partial charge in [0.1, 0.15) is 8.42 Å². The minimum absolute atomic E-state index is 0. The second-order valence-electron chi connectivity index (χ2n) is 4.87. The third-order valence-corrected chi connectivity index (χ3v) is 8.83. The average molecular weight is 513 g/mol.